The molecule has 0 fully saturated rings. The highest BCUT2D eigenvalue weighted by Crippen LogP contribution is 2.39. The Balaban J connectivity index is 1.32. The van der Waals surface area contributed by atoms with Gasteiger partial charge in [0.15, 0.2) is 23.1 Å². The Morgan fingerprint density at radius 3 is 2.83 bits per heavy atom. The number of halogens is 3. The van der Waals surface area contributed by atoms with Crippen LogP contribution in [-0.4, -0.2) is 57.9 Å². The lowest BCUT2D eigenvalue weighted by atomic mass is 10.0. The summed E-state index contributed by atoms with van der Waals surface area (Å²) in [4.78, 5) is 35.2. The minimum absolute atomic E-state index is 0.0987. The van der Waals surface area contributed by atoms with E-state index in [1.54, 1.807) is 11.1 Å². The normalized spacial score (nSPS) is 15.2. The first-order valence-corrected chi connectivity index (χ1v) is 12.8. The lowest BCUT2D eigenvalue weighted by Crippen LogP contribution is -2.39. The maximum absolute atomic E-state index is 15.5. The Morgan fingerprint density at radius 2 is 2.05 bits per heavy atom. The molecule has 1 aliphatic heterocycles. The van der Waals surface area contributed by atoms with E-state index in [9.17, 15) is 13.6 Å². The molecule has 1 N–H and O–H groups in total. The van der Waals surface area contributed by atoms with Gasteiger partial charge in [-0.2, -0.15) is 5.10 Å². The number of ether oxygens (including phenoxy) is 1. The highest BCUT2D eigenvalue weighted by molar-refractivity contribution is 5.89. The average Bonchev–Trinajstić information content (AvgIpc) is 3.46. The average molecular weight is 574 g/mol. The second-order valence-corrected chi connectivity index (χ2v) is 9.36. The molecular weight excluding hydrogens is 551 g/mol. The van der Waals surface area contributed by atoms with Gasteiger partial charge in [-0.15, -0.1) is 0 Å². The molecule has 14 heteroatoms. The van der Waals surface area contributed by atoms with E-state index in [-0.39, 0.29) is 40.5 Å². The molecule has 0 spiro atoms. The number of hydrogen-bond donors (Lipinski definition) is 1. The number of benzene rings is 1. The number of anilines is 2. The summed E-state index contributed by atoms with van der Waals surface area (Å²) < 4.78 is 50.8. The van der Waals surface area contributed by atoms with E-state index in [4.69, 9.17) is 4.74 Å². The summed E-state index contributed by atoms with van der Waals surface area (Å²) in [7, 11) is 0. The maximum Gasteiger partial charge on any atom is 0.270 e. The molecule has 0 bridgehead atoms. The molecule has 1 amide bonds. The van der Waals surface area contributed by atoms with Crippen molar-refractivity contribution in [3.8, 4) is 11.5 Å². The van der Waals surface area contributed by atoms with Gasteiger partial charge in [-0.05, 0) is 43.2 Å². The number of amides is 1. The molecule has 6 rings (SSSR count). The minimum atomic E-state index is -3.18. The summed E-state index contributed by atoms with van der Waals surface area (Å²) in [6, 6.07) is 5.31. The van der Waals surface area contributed by atoms with Gasteiger partial charge in [0.1, 0.15) is 35.2 Å². The number of carbonyl (C=O) groups excluding carboxylic acids is 1. The third-order valence-corrected chi connectivity index (χ3v) is 6.77. The van der Waals surface area contributed by atoms with Crippen molar-refractivity contribution in [2.24, 2.45) is 0 Å². The van der Waals surface area contributed by atoms with Crippen LogP contribution in [0.5, 0.6) is 11.5 Å². The van der Waals surface area contributed by atoms with Crippen LogP contribution < -0.4 is 10.1 Å². The Hall–Kier alpha value is -5.40. The van der Waals surface area contributed by atoms with E-state index in [0.29, 0.717) is 30.0 Å². The van der Waals surface area contributed by atoms with Crippen molar-refractivity contribution >= 4 is 39.7 Å². The van der Waals surface area contributed by atoms with Crippen LogP contribution in [0.3, 0.4) is 0 Å². The van der Waals surface area contributed by atoms with E-state index in [1.807, 2.05) is 13.0 Å². The fourth-order valence-corrected chi connectivity index (χ4v) is 4.70. The first-order valence-electron chi connectivity index (χ1n) is 12.8. The molecule has 1 aliphatic rings. The number of hydrogen-bond acceptors (Lipinski definition) is 9. The number of fused-ring (bicyclic) bond motifs is 2. The second-order valence-electron chi connectivity index (χ2n) is 9.36. The molecule has 1 aromatic carbocycles. The summed E-state index contributed by atoms with van der Waals surface area (Å²) in [6.07, 6.45) is 6.10. The second kappa shape index (κ2) is 10.9. The fourth-order valence-electron chi connectivity index (χ4n) is 4.70. The third-order valence-electron chi connectivity index (χ3n) is 6.77. The van der Waals surface area contributed by atoms with Gasteiger partial charge in [0.25, 0.3) is 6.43 Å². The van der Waals surface area contributed by atoms with Crippen molar-refractivity contribution in [3.05, 3.63) is 85.2 Å². The maximum atomic E-state index is 15.5. The van der Waals surface area contributed by atoms with Gasteiger partial charge in [-0.3, -0.25) is 4.79 Å². The molecule has 1 atom stereocenters. The van der Waals surface area contributed by atoms with Crippen LogP contribution >= 0.6 is 0 Å². The Bertz CT molecular complexity index is 1870. The molecule has 4 aromatic heterocycles. The van der Waals surface area contributed by atoms with Crippen LogP contribution in [0.15, 0.2) is 68.0 Å². The van der Waals surface area contributed by atoms with Crippen molar-refractivity contribution in [3.63, 3.8) is 0 Å². The fraction of sp³-hybridized carbons (Fsp3) is 0.179. The van der Waals surface area contributed by atoms with Gasteiger partial charge >= 0.3 is 0 Å². The third kappa shape index (κ3) is 4.98. The number of pyridine rings is 1. The largest absolute Gasteiger partial charge is 0.457 e. The topological polar surface area (TPSA) is 123 Å². The molecule has 0 saturated heterocycles. The van der Waals surface area contributed by atoms with Crippen molar-refractivity contribution in [2.45, 2.75) is 25.8 Å². The minimum Gasteiger partial charge on any atom is -0.457 e. The summed E-state index contributed by atoms with van der Waals surface area (Å²) >= 11 is 0. The Morgan fingerprint density at radius 1 is 1.19 bits per heavy atom. The summed E-state index contributed by atoms with van der Waals surface area (Å²) in [5.41, 5.74) is 0.694. The molecule has 5 heterocycles. The molecule has 0 radical (unpaired) electrons. The zero-order valence-electron chi connectivity index (χ0n) is 22.1. The molecule has 0 saturated carbocycles. The van der Waals surface area contributed by atoms with Crippen molar-refractivity contribution in [2.75, 3.05) is 11.9 Å². The molecule has 5 aromatic rings. The summed E-state index contributed by atoms with van der Waals surface area (Å²) in [6.45, 7) is 5.87. The van der Waals surface area contributed by atoms with Gasteiger partial charge in [0.05, 0.1) is 17.4 Å². The Kier molecular flexibility index (Phi) is 6.94. The van der Waals surface area contributed by atoms with Crippen LogP contribution in [0.4, 0.5) is 24.7 Å². The predicted octanol–water partition coefficient (Wildman–Crippen LogP) is 5.27. The highest BCUT2D eigenvalue weighted by atomic mass is 19.3. The highest BCUT2D eigenvalue weighted by Gasteiger charge is 2.26. The number of nitrogens with zero attached hydrogens (tertiary/aromatic N) is 8. The first kappa shape index (κ1) is 26.8. The van der Waals surface area contributed by atoms with E-state index < -0.39 is 17.8 Å². The van der Waals surface area contributed by atoms with Gasteiger partial charge in [0.2, 0.25) is 5.91 Å². The summed E-state index contributed by atoms with van der Waals surface area (Å²) in [5.74, 6) is -1.05. The zero-order valence-corrected chi connectivity index (χ0v) is 22.1. The molecule has 11 nitrogen and oxygen atoms in total. The molecular formula is C28H22F3N9O2. The van der Waals surface area contributed by atoms with Crippen LogP contribution in [0.25, 0.3) is 22.3 Å². The van der Waals surface area contributed by atoms with E-state index in [0.717, 1.165) is 5.57 Å². The smallest absolute Gasteiger partial charge is 0.270 e. The van der Waals surface area contributed by atoms with E-state index in [2.05, 4.69) is 41.9 Å². The van der Waals surface area contributed by atoms with Gasteiger partial charge in [-0.25, -0.2) is 42.6 Å². The molecule has 0 aliphatic carbocycles. The van der Waals surface area contributed by atoms with Crippen LogP contribution in [0.1, 0.15) is 31.2 Å². The summed E-state index contributed by atoms with van der Waals surface area (Å²) in [5, 5.41) is 6.75. The number of alkyl halides is 2. The number of aromatic nitrogens is 7. The van der Waals surface area contributed by atoms with Crippen LogP contribution in [0.2, 0.25) is 0 Å². The SMILES string of the molecule is C=CC(=O)N1CCC(c2ncc3ncnc(Nc4ccc(Oc5ccn6ncnc6c5)c(C(F)F)c4F)c3n2)=C[C@@H]1C. The molecule has 0 unspecified atom stereocenters. The van der Waals surface area contributed by atoms with Gasteiger partial charge in [-0.1, -0.05) is 12.7 Å². The lowest BCUT2D eigenvalue weighted by Gasteiger charge is -2.31. The number of nitrogens with one attached hydrogen (secondary N) is 1. The molecule has 212 valence electrons. The van der Waals surface area contributed by atoms with Gasteiger partial charge in [0, 0.05) is 24.8 Å². The first-order chi connectivity index (χ1) is 20.3. The quantitative estimate of drug-likeness (QED) is 0.260. The van der Waals surface area contributed by atoms with Crippen LogP contribution in [-0.2, 0) is 4.79 Å². The Labute approximate surface area is 236 Å². The predicted molar refractivity (Wildman–Crippen MR) is 147 cm³/mol. The van der Waals surface area contributed by atoms with Crippen LogP contribution in [0, 0.1) is 5.82 Å². The van der Waals surface area contributed by atoms with Crippen molar-refractivity contribution < 1.29 is 22.7 Å². The van der Waals surface area contributed by atoms with E-state index >= 15 is 4.39 Å². The van der Waals surface area contributed by atoms with Crippen molar-refractivity contribution in [1.29, 1.82) is 0 Å². The molecule has 42 heavy (non-hydrogen) atoms. The van der Waals surface area contributed by atoms with E-state index in [1.165, 1.54) is 53.7 Å². The monoisotopic (exact) mass is 573 g/mol. The zero-order chi connectivity index (χ0) is 29.4. The standard InChI is InChI=1S/C28H22F3N9O2/c1-3-22(41)39-8-6-16(10-15(39)2)27-32-12-19-25(38-27)28(35-13-33-19)37-18-4-5-20(23(24(18)29)26(30)31)42-17-7-9-40-21(11-17)34-14-36-40/h3-5,7,9-15,26H,1,6,8H2,2H3,(H,33,35,37)/t15-/m0/s1. The lowest BCUT2D eigenvalue weighted by molar-refractivity contribution is -0.127. The van der Waals surface area contributed by atoms with Gasteiger partial charge < -0.3 is 15.0 Å². The van der Waals surface area contributed by atoms with Crippen molar-refractivity contribution in [1.82, 2.24) is 39.4 Å². The number of carbonyl (C=O) groups is 1. The number of rotatable bonds is 7.